The number of hydrogen-bond donors (Lipinski definition) is 1. The number of amides is 1. The molecule has 27 heavy (non-hydrogen) atoms. The molecule has 2 aromatic carbocycles. The Morgan fingerprint density at radius 3 is 2.74 bits per heavy atom. The lowest BCUT2D eigenvalue weighted by Gasteiger charge is -2.08. The number of anilines is 1. The lowest BCUT2D eigenvalue weighted by Crippen LogP contribution is -2.15. The maximum absolute atomic E-state index is 12.2. The Bertz CT molecular complexity index is 934. The maximum Gasteiger partial charge on any atom is 0.234 e. The minimum absolute atomic E-state index is 0.121. The van der Waals surface area contributed by atoms with Crippen LogP contribution in [0.4, 0.5) is 5.69 Å². The van der Waals surface area contributed by atoms with E-state index in [9.17, 15) is 4.79 Å². The summed E-state index contributed by atoms with van der Waals surface area (Å²) in [6.07, 6.45) is 0. The monoisotopic (exact) mass is 510 g/mol. The fourth-order valence-electron chi connectivity index (χ4n) is 2.17. The Hall–Kier alpha value is -1.84. The molecule has 0 unspecified atom stereocenters. The van der Waals surface area contributed by atoms with Gasteiger partial charge in [0.05, 0.1) is 11.4 Å². The van der Waals surface area contributed by atoms with Crippen LogP contribution in [0.3, 0.4) is 0 Å². The number of halogens is 2. The molecule has 0 fully saturated rings. The zero-order valence-electron chi connectivity index (χ0n) is 14.4. The van der Waals surface area contributed by atoms with Crippen molar-refractivity contribution in [1.82, 2.24) is 14.8 Å². The second-order valence-corrected chi connectivity index (χ2v) is 8.23. The van der Waals surface area contributed by atoms with Gasteiger partial charge in [-0.2, -0.15) is 0 Å². The van der Waals surface area contributed by atoms with E-state index >= 15 is 0 Å². The summed E-state index contributed by atoms with van der Waals surface area (Å²) in [5, 5.41) is 11.8. The molecular formula is C18H16Br2N4O2S. The summed E-state index contributed by atoms with van der Waals surface area (Å²) in [4.78, 5) is 12.2. The second kappa shape index (κ2) is 9.38. The topological polar surface area (TPSA) is 69.0 Å². The van der Waals surface area contributed by atoms with E-state index in [0.717, 1.165) is 14.7 Å². The molecule has 6 nitrogen and oxygen atoms in total. The van der Waals surface area contributed by atoms with Crippen molar-refractivity contribution < 1.29 is 9.53 Å². The molecule has 0 radical (unpaired) electrons. The predicted molar refractivity (Wildman–Crippen MR) is 113 cm³/mol. The minimum atomic E-state index is -0.121. The fraction of sp³-hybridized carbons (Fsp3) is 0.167. The summed E-state index contributed by atoms with van der Waals surface area (Å²) < 4.78 is 9.24. The lowest BCUT2D eigenvalue weighted by molar-refractivity contribution is -0.113. The highest BCUT2D eigenvalue weighted by molar-refractivity contribution is 9.11. The minimum Gasteiger partial charge on any atom is -0.486 e. The Labute approximate surface area is 178 Å². The Kier molecular flexibility index (Phi) is 6.92. The Morgan fingerprint density at radius 2 is 1.96 bits per heavy atom. The van der Waals surface area contributed by atoms with Crippen molar-refractivity contribution in [2.45, 2.75) is 11.8 Å². The van der Waals surface area contributed by atoms with Crippen LogP contribution in [0.1, 0.15) is 5.82 Å². The summed E-state index contributed by atoms with van der Waals surface area (Å²) in [5.74, 6) is 1.57. The van der Waals surface area contributed by atoms with Crippen LogP contribution in [0.2, 0.25) is 0 Å². The summed E-state index contributed by atoms with van der Waals surface area (Å²) in [7, 11) is 1.86. The standard InChI is InChI=1S/C18H16Br2N4O2S/c1-24-16(10-26-13-5-3-2-4-6-13)22-23-18(24)27-11-17(25)21-15-9-12(19)7-8-14(15)20/h2-9H,10-11H2,1H3,(H,21,25). The molecule has 0 aliphatic heterocycles. The van der Waals surface area contributed by atoms with E-state index in [2.05, 4.69) is 47.4 Å². The van der Waals surface area contributed by atoms with Gasteiger partial charge in [0.2, 0.25) is 5.91 Å². The number of carbonyl (C=O) groups is 1. The fourth-order valence-corrected chi connectivity index (χ4v) is 3.61. The number of para-hydroxylation sites is 1. The summed E-state index contributed by atoms with van der Waals surface area (Å²) in [5.41, 5.74) is 0.713. The average molecular weight is 512 g/mol. The predicted octanol–water partition coefficient (Wildman–Crippen LogP) is 4.65. The van der Waals surface area contributed by atoms with E-state index in [4.69, 9.17) is 4.74 Å². The van der Waals surface area contributed by atoms with Crippen molar-refractivity contribution in [2.24, 2.45) is 7.05 Å². The molecule has 1 N–H and O–H groups in total. The highest BCUT2D eigenvalue weighted by Gasteiger charge is 2.13. The van der Waals surface area contributed by atoms with Crippen LogP contribution in [0.25, 0.3) is 0 Å². The van der Waals surface area contributed by atoms with E-state index < -0.39 is 0 Å². The second-order valence-electron chi connectivity index (χ2n) is 5.52. The van der Waals surface area contributed by atoms with Crippen molar-refractivity contribution in [1.29, 1.82) is 0 Å². The molecule has 1 heterocycles. The van der Waals surface area contributed by atoms with Gasteiger partial charge in [0.25, 0.3) is 0 Å². The zero-order chi connectivity index (χ0) is 19.2. The molecule has 0 atom stereocenters. The van der Waals surface area contributed by atoms with Crippen molar-refractivity contribution >= 4 is 55.2 Å². The number of benzene rings is 2. The first kappa shape index (κ1) is 19.9. The SMILES string of the molecule is Cn1c(COc2ccccc2)nnc1SCC(=O)Nc1cc(Br)ccc1Br. The molecule has 0 saturated carbocycles. The van der Waals surface area contributed by atoms with Gasteiger partial charge in [0, 0.05) is 16.0 Å². The first-order valence-corrected chi connectivity index (χ1v) is 10.5. The molecule has 0 bridgehead atoms. The largest absolute Gasteiger partial charge is 0.486 e. The number of nitrogens with zero attached hydrogens (tertiary/aromatic N) is 3. The van der Waals surface area contributed by atoms with Gasteiger partial charge in [-0.15, -0.1) is 10.2 Å². The maximum atomic E-state index is 12.2. The quantitative estimate of drug-likeness (QED) is 0.467. The van der Waals surface area contributed by atoms with Crippen LogP contribution in [0, 0.1) is 0 Å². The van der Waals surface area contributed by atoms with Crippen LogP contribution in [0.15, 0.2) is 62.6 Å². The summed E-state index contributed by atoms with van der Waals surface area (Å²) >= 11 is 8.14. The molecule has 0 aliphatic carbocycles. The van der Waals surface area contributed by atoms with Gasteiger partial charge in [-0.25, -0.2) is 0 Å². The van der Waals surface area contributed by atoms with E-state index in [-0.39, 0.29) is 11.7 Å². The number of ether oxygens (including phenoxy) is 1. The molecule has 0 spiro atoms. The first-order valence-electron chi connectivity index (χ1n) is 7.97. The van der Waals surface area contributed by atoms with E-state index in [1.807, 2.05) is 60.1 Å². The van der Waals surface area contributed by atoms with Gasteiger partial charge in [0.15, 0.2) is 11.0 Å². The third kappa shape index (κ3) is 5.57. The van der Waals surface area contributed by atoms with Gasteiger partial charge in [-0.05, 0) is 46.3 Å². The third-order valence-corrected chi connectivity index (χ3v) is 5.78. The van der Waals surface area contributed by atoms with Crippen molar-refractivity contribution in [2.75, 3.05) is 11.1 Å². The molecule has 1 amide bonds. The number of nitrogens with one attached hydrogen (secondary N) is 1. The number of hydrogen-bond acceptors (Lipinski definition) is 5. The van der Waals surface area contributed by atoms with Gasteiger partial charge in [-0.3, -0.25) is 4.79 Å². The van der Waals surface area contributed by atoms with Gasteiger partial charge in [0.1, 0.15) is 12.4 Å². The lowest BCUT2D eigenvalue weighted by atomic mass is 10.3. The van der Waals surface area contributed by atoms with Crippen LogP contribution >= 0.6 is 43.6 Å². The highest BCUT2D eigenvalue weighted by Crippen LogP contribution is 2.26. The zero-order valence-corrected chi connectivity index (χ0v) is 18.3. The first-order chi connectivity index (χ1) is 13.0. The van der Waals surface area contributed by atoms with Gasteiger partial charge in [-0.1, -0.05) is 45.9 Å². The highest BCUT2D eigenvalue weighted by atomic mass is 79.9. The van der Waals surface area contributed by atoms with Crippen LogP contribution in [-0.4, -0.2) is 26.4 Å². The molecule has 1 aromatic heterocycles. The number of rotatable bonds is 7. The molecule has 0 aliphatic rings. The average Bonchev–Trinajstić information content (AvgIpc) is 3.02. The number of aromatic nitrogens is 3. The number of carbonyl (C=O) groups excluding carboxylic acids is 1. The molecule has 3 rings (SSSR count). The normalized spacial score (nSPS) is 10.6. The van der Waals surface area contributed by atoms with Crippen molar-refractivity contribution in [3.63, 3.8) is 0 Å². The van der Waals surface area contributed by atoms with Crippen LogP contribution in [-0.2, 0) is 18.4 Å². The summed E-state index contributed by atoms with van der Waals surface area (Å²) in [6.45, 7) is 0.311. The molecule has 0 saturated heterocycles. The summed E-state index contributed by atoms with van der Waals surface area (Å²) in [6, 6.07) is 15.1. The molecule has 140 valence electrons. The van der Waals surface area contributed by atoms with Crippen molar-refractivity contribution in [3.05, 3.63) is 63.3 Å². The van der Waals surface area contributed by atoms with Crippen molar-refractivity contribution in [3.8, 4) is 5.75 Å². The van der Waals surface area contributed by atoms with E-state index in [0.29, 0.717) is 23.3 Å². The Morgan fingerprint density at radius 1 is 1.19 bits per heavy atom. The number of thioether (sulfide) groups is 1. The molecule has 3 aromatic rings. The third-order valence-electron chi connectivity index (χ3n) is 3.57. The smallest absolute Gasteiger partial charge is 0.234 e. The Balaban J connectivity index is 1.54. The molecular weight excluding hydrogens is 496 g/mol. The van der Waals surface area contributed by atoms with Crippen LogP contribution < -0.4 is 10.1 Å². The van der Waals surface area contributed by atoms with E-state index in [1.54, 1.807) is 0 Å². The van der Waals surface area contributed by atoms with Gasteiger partial charge < -0.3 is 14.6 Å². The van der Waals surface area contributed by atoms with E-state index in [1.165, 1.54) is 11.8 Å². The molecule has 9 heteroatoms. The van der Waals surface area contributed by atoms with Crippen LogP contribution in [0.5, 0.6) is 5.75 Å². The van der Waals surface area contributed by atoms with Gasteiger partial charge >= 0.3 is 0 Å².